The Morgan fingerprint density at radius 1 is 1.42 bits per heavy atom. The van der Waals surface area contributed by atoms with Crippen molar-refractivity contribution in [3.63, 3.8) is 0 Å². The van der Waals surface area contributed by atoms with Crippen molar-refractivity contribution >= 4 is 5.97 Å². The van der Waals surface area contributed by atoms with Crippen LogP contribution >= 0.6 is 0 Å². The Morgan fingerprint density at radius 3 is 3.00 bits per heavy atom. The van der Waals surface area contributed by atoms with Crippen molar-refractivity contribution in [3.8, 4) is 0 Å². The monoisotopic (exact) mass is 262 g/mol. The molecule has 0 spiro atoms. The first-order chi connectivity index (χ1) is 9.26. The molecule has 0 aliphatic heterocycles. The van der Waals surface area contributed by atoms with Crippen molar-refractivity contribution in [1.29, 1.82) is 0 Å². The molecule has 104 valence electrons. The highest BCUT2D eigenvalue weighted by atomic mass is 16.5. The van der Waals surface area contributed by atoms with E-state index >= 15 is 0 Å². The Bertz CT molecular complexity index is 455. The van der Waals surface area contributed by atoms with Crippen LogP contribution in [0.3, 0.4) is 0 Å². The molecule has 2 aliphatic carbocycles. The smallest absolute Gasteiger partial charge is 0.354 e. The van der Waals surface area contributed by atoms with Gasteiger partial charge in [0.2, 0.25) is 0 Å². The molecule has 4 heteroatoms. The minimum Gasteiger partial charge on any atom is -0.464 e. The first-order valence-electron chi connectivity index (χ1n) is 7.23. The van der Waals surface area contributed by atoms with Crippen LogP contribution in [0.1, 0.15) is 41.9 Å². The van der Waals surface area contributed by atoms with Gasteiger partial charge in [-0.15, -0.1) is 0 Å². The second-order valence-electron chi connectivity index (χ2n) is 5.95. The molecule has 3 atom stereocenters. The third-order valence-corrected chi connectivity index (χ3v) is 4.76. The quantitative estimate of drug-likeness (QED) is 0.801. The number of fused-ring (bicyclic) bond motifs is 2. The van der Waals surface area contributed by atoms with E-state index in [0.29, 0.717) is 5.69 Å². The molecule has 0 aromatic carbocycles. The van der Waals surface area contributed by atoms with E-state index in [1.807, 2.05) is 6.07 Å². The summed E-state index contributed by atoms with van der Waals surface area (Å²) >= 11 is 0. The summed E-state index contributed by atoms with van der Waals surface area (Å²) < 4.78 is 4.68. The molecule has 4 nitrogen and oxygen atoms in total. The van der Waals surface area contributed by atoms with E-state index in [1.165, 1.54) is 32.8 Å². The summed E-state index contributed by atoms with van der Waals surface area (Å²) in [4.78, 5) is 14.4. The molecule has 1 aromatic rings. The van der Waals surface area contributed by atoms with Crippen LogP contribution in [0.4, 0.5) is 0 Å². The molecule has 1 heterocycles. The van der Waals surface area contributed by atoms with Gasteiger partial charge in [-0.1, -0.05) is 6.42 Å². The van der Waals surface area contributed by atoms with Crippen LogP contribution in [-0.2, 0) is 11.3 Å². The molecule has 1 aromatic heterocycles. The first-order valence-corrected chi connectivity index (χ1v) is 7.23. The lowest BCUT2D eigenvalue weighted by molar-refractivity contribution is 0.0594. The zero-order chi connectivity index (χ0) is 13.2. The number of ether oxygens (including phenoxy) is 1. The van der Waals surface area contributed by atoms with Crippen molar-refractivity contribution in [1.82, 2.24) is 10.3 Å². The van der Waals surface area contributed by atoms with Gasteiger partial charge in [0.25, 0.3) is 0 Å². The lowest BCUT2D eigenvalue weighted by Gasteiger charge is -2.21. The SMILES string of the molecule is COC(=O)c1ccc(CNCC2CC3CCC2C3)[nH]1. The predicted octanol–water partition coefficient (Wildman–Crippen LogP) is 2.33. The van der Waals surface area contributed by atoms with Gasteiger partial charge in [0.15, 0.2) is 0 Å². The molecular formula is C15H22N2O2. The summed E-state index contributed by atoms with van der Waals surface area (Å²) in [5.41, 5.74) is 1.57. The fraction of sp³-hybridized carbons (Fsp3) is 0.667. The maximum atomic E-state index is 11.3. The minimum absolute atomic E-state index is 0.306. The van der Waals surface area contributed by atoms with E-state index in [0.717, 1.165) is 36.5 Å². The van der Waals surface area contributed by atoms with Crippen molar-refractivity contribution in [2.75, 3.05) is 13.7 Å². The molecule has 2 saturated carbocycles. The highest BCUT2D eigenvalue weighted by Crippen LogP contribution is 2.47. The number of hydrogen-bond acceptors (Lipinski definition) is 3. The molecular weight excluding hydrogens is 240 g/mol. The Labute approximate surface area is 113 Å². The number of aromatic amines is 1. The molecule has 2 bridgehead atoms. The molecule has 19 heavy (non-hydrogen) atoms. The maximum absolute atomic E-state index is 11.3. The molecule has 2 aliphatic rings. The summed E-state index contributed by atoms with van der Waals surface area (Å²) in [6.45, 7) is 1.90. The van der Waals surface area contributed by atoms with Crippen LogP contribution in [0, 0.1) is 17.8 Å². The normalized spacial score (nSPS) is 28.8. The van der Waals surface area contributed by atoms with E-state index in [-0.39, 0.29) is 5.97 Å². The number of H-pyrrole nitrogens is 1. The summed E-state index contributed by atoms with van der Waals surface area (Å²) in [5, 5.41) is 3.52. The van der Waals surface area contributed by atoms with Gasteiger partial charge in [-0.2, -0.15) is 0 Å². The lowest BCUT2D eigenvalue weighted by Crippen LogP contribution is -2.26. The van der Waals surface area contributed by atoms with Crippen molar-refractivity contribution < 1.29 is 9.53 Å². The lowest BCUT2D eigenvalue weighted by atomic mass is 9.89. The first kappa shape index (κ1) is 12.7. The van der Waals surface area contributed by atoms with Gasteiger partial charge in [-0.25, -0.2) is 4.79 Å². The molecule has 2 N–H and O–H groups in total. The minimum atomic E-state index is -0.306. The molecule has 0 amide bonds. The summed E-state index contributed by atoms with van der Waals surface area (Å²) in [7, 11) is 1.40. The molecule has 3 rings (SSSR count). The van der Waals surface area contributed by atoms with Crippen LogP contribution in [0.25, 0.3) is 0 Å². The van der Waals surface area contributed by atoms with Crippen LogP contribution in [-0.4, -0.2) is 24.6 Å². The zero-order valence-electron chi connectivity index (χ0n) is 11.4. The van der Waals surface area contributed by atoms with Crippen molar-refractivity contribution in [2.45, 2.75) is 32.2 Å². The van der Waals surface area contributed by atoms with Crippen LogP contribution < -0.4 is 5.32 Å². The number of methoxy groups -OCH3 is 1. The van der Waals surface area contributed by atoms with Crippen LogP contribution in [0.5, 0.6) is 0 Å². The number of esters is 1. The van der Waals surface area contributed by atoms with Gasteiger partial charge in [0.05, 0.1) is 7.11 Å². The van der Waals surface area contributed by atoms with Gasteiger partial charge in [-0.3, -0.25) is 0 Å². The number of rotatable bonds is 5. The summed E-state index contributed by atoms with van der Waals surface area (Å²) in [6.07, 6.45) is 5.77. The molecule has 3 unspecified atom stereocenters. The van der Waals surface area contributed by atoms with Gasteiger partial charge >= 0.3 is 5.97 Å². The van der Waals surface area contributed by atoms with Gasteiger partial charge in [-0.05, 0) is 55.7 Å². The number of nitrogens with one attached hydrogen (secondary N) is 2. The Balaban J connectivity index is 1.45. The van der Waals surface area contributed by atoms with Crippen LogP contribution in [0.2, 0.25) is 0 Å². The fourth-order valence-electron chi connectivity index (χ4n) is 3.79. The van der Waals surface area contributed by atoms with Gasteiger partial charge < -0.3 is 15.0 Å². The van der Waals surface area contributed by atoms with E-state index in [4.69, 9.17) is 0 Å². The van der Waals surface area contributed by atoms with Gasteiger partial charge in [0.1, 0.15) is 5.69 Å². The number of carbonyl (C=O) groups is 1. The van der Waals surface area contributed by atoms with Crippen LogP contribution in [0.15, 0.2) is 12.1 Å². The van der Waals surface area contributed by atoms with E-state index in [9.17, 15) is 4.79 Å². The van der Waals surface area contributed by atoms with E-state index < -0.39 is 0 Å². The van der Waals surface area contributed by atoms with E-state index in [2.05, 4.69) is 15.0 Å². The summed E-state index contributed by atoms with van der Waals surface area (Å²) in [5.74, 6) is 2.54. The second-order valence-corrected chi connectivity index (χ2v) is 5.95. The average Bonchev–Trinajstić information content (AvgIpc) is 3.13. The third-order valence-electron chi connectivity index (χ3n) is 4.76. The standard InChI is InChI=1S/C15H22N2O2/c1-19-15(18)14-5-4-13(17-14)9-16-8-12-7-10-2-3-11(12)6-10/h4-5,10-12,16-17H,2-3,6-9H2,1H3. The highest BCUT2D eigenvalue weighted by Gasteiger charge is 2.38. The molecule has 0 radical (unpaired) electrons. The summed E-state index contributed by atoms with van der Waals surface area (Å²) in [6, 6.07) is 3.72. The third kappa shape index (κ3) is 2.68. The second kappa shape index (κ2) is 5.37. The molecule has 0 saturated heterocycles. The molecule has 2 fully saturated rings. The number of carbonyl (C=O) groups excluding carboxylic acids is 1. The maximum Gasteiger partial charge on any atom is 0.354 e. The largest absolute Gasteiger partial charge is 0.464 e. The Morgan fingerprint density at radius 2 is 2.32 bits per heavy atom. The fourth-order valence-corrected chi connectivity index (χ4v) is 3.79. The average molecular weight is 262 g/mol. The van der Waals surface area contributed by atoms with Crippen molar-refractivity contribution in [3.05, 3.63) is 23.5 Å². The topological polar surface area (TPSA) is 54.1 Å². The zero-order valence-corrected chi connectivity index (χ0v) is 11.4. The number of aromatic nitrogens is 1. The Kier molecular flexibility index (Phi) is 3.60. The number of hydrogen-bond donors (Lipinski definition) is 2. The van der Waals surface area contributed by atoms with E-state index in [1.54, 1.807) is 6.07 Å². The van der Waals surface area contributed by atoms with Gasteiger partial charge in [0, 0.05) is 12.2 Å². The van der Waals surface area contributed by atoms with Crippen molar-refractivity contribution in [2.24, 2.45) is 17.8 Å². The highest BCUT2D eigenvalue weighted by molar-refractivity contribution is 5.87. The predicted molar refractivity (Wildman–Crippen MR) is 72.8 cm³/mol. The Hall–Kier alpha value is -1.29.